The topological polar surface area (TPSA) is 43.8 Å². The molecule has 3 aromatic rings. The zero-order chi connectivity index (χ0) is 14.1. The van der Waals surface area contributed by atoms with Gasteiger partial charge in [-0.1, -0.05) is 23.7 Å². The second-order valence-corrected chi connectivity index (χ2v) is 5.35. The molecule has 0 aliphatic carbocycles. The van der Waals surface area contributed by atoms with Gasteiger partial charge in [-0.3, -0.25) is 4.98 Å². The maximum atomic E-state index is 6.12. The predicted molar refractivity (Wildman–Crippen MR) is 82.9 cm³/mol. The smallest absolute Gasteiger partial charge is 0.0651 e. The summed E-state index contributed by atoms with van der Waals surface area (Å²) >= 11 is 6.12. The summed E-state index contributed by atoms with van der Waals surface area (Å²) in [5.74, 6) is 0. The van der Waals surface area contributed by atoms with Gasteiger partial charge < -0.3 is 10.3 Å². The maximum absolute atomic E-state index is 6.12. The van der Waals surface area contributed by atoms with Gasteiger partial charge in [-0.2, -0.15) is 0 Å². The summed E-state index contributed by atoms with van der Waals surface area (Å²) in [7, 11) is 0. The van der Waals surface area contributed by atoms with E-state index in [9.17, 15) is 0 Å². The third-order valence-electron chi connectivity index (χ3n) is 3.58. The van der Waals surface area contributed by atoms with E-state index in [2.05, 4.69) is 28.7 Å². The Hall–Kier alpha value is -1.84. The van der Waals surface area contributed by atoms with E-state index in [1.165, 1.54) is 5.56 Å². The Bertz CT molecular complexity index is 762. The number of hydrogen-bond donors (Lipinski definition) is 1. The molecule has 0 radical (unpaired) electrons. The van der Waals surface area contributed by atoms with Crippen molar-refractivity contribution in [1.29, 1.82) is 0 Å². The van der Waals surface area contributed by atoms with Crippen LogP contribution in [0.2, 0.25) is 5.02 Å². The fourth-order valence-electron chi connectivity index (χ4n) is 2.48. The van der Waals surface area contributed by atoms with Crippen LogP contribution in [0.1, 0.15) is 16.8 Å². The number of halogens is 1. The standard InChI is InChI=1S/C16H16ClN3/c1-11-3-2-6-19-15(11)10-20-9-12(8-18)14-5-4-13(17)7-16(14)20/h2-7,9H,8,10,18H2,1H3. The van der Waals surface area contributed by atoms with Gasteiger partial charge in [0.15, 0.2) is 0 Å². The van der Waals surface area contributed by atoms with Crippen LogP contribution in [0.15, 0.2) is 42.7 Å². The van der Waals surface area contributed by atoms with E-state index in [0.29, 0.717) is 6.54 Å². The molecular formula is C16H16ClN3. The molecule has 0 fully saturated rings. The molecule has 0 spiro atoms. The molecule has 0 atom stereocenters. The molecule has 0 aliphatic rings. The SMILES string of the molecule is Cc1cccnc1Cn1cc(CN)c2ccc(Cl)cc21. The van der Waals surface area contributed by atoms with Gasteiger partial charge in [0.1, 0.15) is 0 Å². The lowest BCUT2D eigenvalue weighted by Crippen LogP contribution is -2.02. The van der Waals surface area contributed by atoms with Crippen molar-refractivity contribution < 1.29 is 0 Å². The Labute approximate surface area is 123 Å². The van der Waals surface area contributed by atoms with Crippen molar-refractivity contribution in [3.63, 3.8) is 0 Å². The van der Waals surface area contributed by atoms with Crippen LogP contribution in [0, 0.1) is 6.92 Å². The van der Waals surface area contributed by atoms with Crippen molar-refractivity contribution in [1.82, 2.24) is 9.55 Å². The summed E-state index contributed by atoms with van der Waals surface area (Å²) in [6.45, 7) is 3.32. The predicted octanol–water partition coefficient (Wildman–Crippen LogP) is 3.51. The molecule has 2 aromatic heterocycles. The number of nitrogens with two attached hydrogens (primary N) is 1. The highest BCUT2D eigenvalue weighted by atomic mass is 35.5. The first-order chi connectivity index (χ1) is 9.69. The monoisotopic (exact) mass is 285 g/mol. The summed E-state index contributed by atoms with van der Waals surface area (Å²) < 4.78 is 2.17. The van der Waals surface area contributed by atoms with E-state index in [4.69, 9.17) is 17.3 Å². The maximum Gasteiger partial charge on any atom is 0.0651 e. The summed E-state index contributed by atoms with van der Waals surface area (Å²) in [6.07, 6.45) is 3.92. The summed E-state index contributed by atoms with van der Waals surface area (Å²) in [6, 6.07) is 9.94. The Kier molecular flexibility index (Phi) is 3.47. The molecule has 2 N–H and O–H groups in total. The summed E-state index contributed by atoms with van der Waals surface area (Å²) in [5.41, 5.74) is 10.3. The Morgan fingerprint density at radius 3 is 2.90 bits per heavy atom. The van der Waals surface area contributed by atoms with Gasteiger partial charge in [0, 0.05) is 29.3 Å². The van der Waals surface area contributed by atoms with E-state index in [0.717, 1.165) is 33.7 Å². The molecule has 0 aliphatic heterocycles. The summed E-state index contributed by atoms with van der Waals surface area (Å²) in [4.78, 5) is 4.45. The van der Waals surface area contributed by atoms with E-state index in [1.54, 1.807) is 0 Å². The molecule has 0 bridgehead atoms. The third-order valence-corrected chi connectivity index (χ3v) is 3.82. The van der Waals surface area contributed by atoms with Crippen LogP contribution < -0.4 is 5.73 Å². The average Bonchev–Trinajstić information content (AvgIpc) is 2.79. The average molecular weight is 286 g/mol. The first kappa shape index (κ1) is 13.2. The Balaban J connectivity index is 2.12. The van der Waals surface area contributed by atoms with Gasteiger partial charge >= 0.3 is 0 Å². The number of aromatic nitrogens is 2. The van der Waals surface area contributed by atoms with Gasteiger partial charge in [-0.05, 0) is 36.2 Å². The normalized spacial score (nSPS) is 11.2. The molecule has 3 rings (SSSR count). The van der Waals surface area contributed by atoms with E-state index in [1.807, 2.05) is 30.5 Å². The van der Waals surface area contributed by atoms with Crippen molar-refractivity contribution in [2.45, 2.75) is 20.0 Å². The molecule has 0 amide bonds. The molecule has 2 heterocycles. The lowest BCUT2D eigenvalue weighted by molar-refractivity contribution is 0.794. The van der Waals surface area contributed by atoms with Crippen molar-refractivity contribution in [3.05, 3.63) is 64.6 Å². The minimum atomic E-state index is 0.520. The first-order valence-electron chi connectivity index (χ1n) is 6.57. The quantitative estimate of drug-likeness (QED) is 0.800. The van der Waals surface area contributed by atoms with Gasteiger partial charge in [-0.15, -0.1) is 0 Å². The number of benzene rings is 1. The second-order valence-electron chi connectivity index (χ2n) is 4.91. The minimum absolute atomic E-state index is 0.520. The van der Waals surface area contributed by atoms with Crippen molar-refractivity contribution in [2.24, 2.45) is 5.73 Å². The first-order valence-corrected chi connectivity index (χ1v) is 6.94. The lowest BCUT2D eigenvalue weighted by atomic mass is 10.2. The van der Waals surface area contributed by atoms with Crippen LogP contribution in [-0.2, 0) is 13.1 Å². The number of fused-ring (bicyclic) bond motifs is 1. The molecular weight excluding hydrogens is 270 g/mol. The molecule has 102 valence electrons. The number of pyridine rings is 1. The van der Waals surface area contributed by atoms with Gasteiger partial charge in [0.25, 0.3) is 0 Å². The highest BCUT2D eigenvalue weighted by Crippen LogP contribution is 2.25. The van der Waals surface area contributed by atoms with Crippen LogP contribution in [-0.4, -0.2) is 9.55 Å². The fourth-order valence-corrected chi connectivity index (χ4v) is 2.65. The highest BCUT2D eigenvalue weighted by molar-refractivity contribution is 6.31. The van der Waals surface area contributed by atoms with Crippen LogP contribution >= 0.6 is 11.6 Å². The van der Waals surface area contributed by atoms with Crippen molar-refractivity contribution in [3.8, 4) is 0 Å². The zero-order valence-electron chi connectivity index (χ0n) is 11.3. The third kappa shape index (κ3) is 2.30. The molecule has 3 nitrogen and oxygen atoms in total. The molecule has 0 saturated carbocycles. The molecule has 0 unspecified atom stereocenters. The lowest BCUT2D eigenvalue weighted by Gasteiger charge is -2.07. The van der Waals surface area contributed by atoms with E-state index in [-0.39, 0.29) is 0 Å². The molecule has 20 heavy (non-hydrogen) atoms. The molecule has 1 aromatic carbocycles. The zero-order valence-corrected chi connectivity index (χ0v) is 12.1. The fraction of sp³-hybridized carbons (Fsp3) is 0.188. The van der Waals surface area contributed by atoms with Crippen LogP contribution in [0.25, 0.3) is 10.9 Å². The van der Waals surface area contributed by atoms with Gasteiger partial charge in [0.05, 0.1) is 17.8 Å². The number of rotatable bonds is 3. The van der Waals surface area contributed by atoms with Crippen molar-refractivity contribution >= 4 is 22.5 Å². The Morgan fingerprint density at radius 2 is 2.15 bits per heavy atom. The highest BCUT2D eigenvalue weighted by Gasteiger charge is 2.09. The summed E-state index contributed by atoms with van der Waals surface area (Å²) in [5, 5.41) is 1.89. The Morgan fingerprint density at radius 1 is 1.30 bits per heavy atom. The minimum Gasteiger partial charge on any atom is -0.341 e. The number of hydrogen-bond acceptors (Lipinski definition) is 2. The van der Waals surface area contributed by atoms with E-state index >= 15 is 0 Å². The number of nitrogens with zero attached hydrogens (tertiary/aromatic N) is 2. The molecule has 4 heteroatoms. The largest absolute Gasteiger partial charge is 0.341 e. The number of aryl methyl sites for hydroxylation is 1. The van der Waals surface area contributed by atoms with Crippen LogP contribution in [0.5, 0.6) is 0 Å². The molecule has 0 saturated heterocycles. The van der Waals surface area contributed by atoms with Crippen LogP contribution in [0.3, 0.4) is 0 Å². The van der Waals surface area contributed by atoms with E-state index < -0.39 is 0 Å². The van der Waals surface area contributed by atoms with Gasteiger partial charge in [-0.25, -0.2) is 0 Å². The second kappa shape index (κ2) is 5.27. The van der Waals surface area contributed by atoms with Crippen LogP contribution in [0.4, 0.5) is 0 Å². The van der Waals surface area contributed by atoms with Gasteiger partial charge in [0.2, 0.25) is 0 Å². The van der Waals surface area contributed by atoms with Crippen molar-refractivity contribution in [2.75, 3.05) is 0 Å².